The maximum atomic E-state index is 5.19. The number of fused-ring (bicyclic) bond motifs is 14. The van der Waals surface area contributed by atoms with E-state index in [4.69, 9.17) is 8.75 Å². The van der Waals surface area contributed by atoms with Crippen LogP contribution < -0.4 is 5.79 Å². The van der Waals surface area contributed by atoms with Crippen LogP contribution >= 0.6 is 57.1 Å². The normalized spacial score (nSPS) is 14.7. The summed E-state index contributed by atoms with van der Waals surface area (Å²) in [6.07, 6.45) is 10.1. The molecule has 8 aromatic rings. The zero-order chi connectivity index (χ0) is 36.0. The van der Waals surface area contributed by atoms with Gasteiger partial charge in [-0.05, 0) is 0 Å². The van der Waals surface area contributed by atoms with Gasteiger partial charge in [0, 0.05) is 0 Å². The van der Waals surface area contributed by atoms with Gasteiger partial charge in [-0.15, -0.1) is 0 Å². The summed E-state index contributed by atoms with van der Waals surface area (Å²) in [6.45, 7) is 11.7. The molecular weight excluding hydrogens is 934 g/mol. The van der Waals surface area contributed by atoms with Crippen LogP contribution in [0.4, 0.5) is 0 Å². The summed E-state index contributed by atoms with van der Waals surface area (Å²) < 4.78 is 28.4. The maximum absolute atomic E-state index is 5.19. The molecule has 0 aliphatic rings. The van der Waals surface area contributed by atoms with Crippen LogP contribution in [-0.2, 0) is 13.1 Å². The van der Waals surface area contributed by atoms with Gasteiger partial charge in [0.05, 0.1) is 0 Å². The molecule has 0 aliphatic carbocycles. The summed E-state index contributed by atoms with van der Waals surface area (Å²) in [5.41, 5.74) is 8.16. The first kappa shape index (κ1) is 37.5. The van der Waals surface area contributed by atoms with E-state index in [0.717, 1.165) is 24.1 Å². The predicted molar refractivity (Wildman–Crippen MR) is 243 cm³/mol. The van der Waals surface area contributed by atoms with Crippen molar-refractivity contribution in [1.82, 2.24) is 17.9 Å². The molecule has 51 heavy (non-hydrogen) atoms. The van der Waals surface area contributed by atoms with Crippen LogP contribution in [0.15, 0.2) is 12.1 Å². The summed E-state index contributed by atoms with van der Waals surface area (Å²) in [5, 5.41) is 2.76. The van der Waals surface area contributed by atoms with E-state index < -0.39 is 36.8 Å². The van der Waals surface area contributed by atoms with E-state index in [-0.39, 0.29) is 0 Å². The van der Waals surface area contributed by atoms with Crippen LogP contribution in [-0.4, -0.2) is 54.6 Å². The first-order valence-corrected chi connectivity index (χ1v) is 43.4. The van der Waals surface area contributed by atoms with Gasteiger partial charge in [0.25, 0.3) is 0 Å². The topological polar surface area (TPSA) is 35.6 Å². The van der Waals surface area contributed by atoms with Crippen LogP contribution in [0.3, 0.4) is 0 Å². The standard InChI is InChI=1S/C34H36N4S5.6CH3.2Sn/c1-5-9-11-19(7-3)17-37-27-23(33-29(37)31-21(41-33)13-15-39-31)25-26(36-43-35-25)24-28(27)38(18-20(8-4)12-10-6-2)30-32-22(14-16-40-32)42-34(24)30;;;;;;;;/h13-14,19-20H,5-12,17-18H2,1-4H3;6*1H3;;. The van der Waals surface area contributed by atoms with Crippen molar-refractivity contribution in [2.45, 2.75) is 122 Å². The monoisotopic (exact) mass is 990 g/mol. The Morgan fingerprint density at radius 3 is 1.33 bits per heavy atom. The average molecular weight is 989 g/mol. The first-order valence-electron chi connectivity index (χ1n) is 19.4. The van der Waals surface area contributed by atoms with Gasteiger partial charge in [-0.25, -0.2) is 0 Å². The summed E-state index contributed by atoms with van der Waals surface area (Å²) >= 11 is 5.23. The third-order valence-electron chi connectivity index (χ3n) is 11.3. The van der Waals surface area contributed by atoms with Crippen molar-refractivity contribution >= 4 is 172 Å². The Hall–Kier alpha value is -0.443. The van der Waals surface area contributed by atoms with E-state index in [0.29, 0.717) is 11.8 Å². The Labute approximate surface area is 331 Å². The number of thiophene rings is 4. The minimum absolute atomic E-state index is 0.655. The van der Waals surface area contributed by atoms with Crippen molar-refractivity contribution in [2.75, 3.05) is 0 Å². The fraction of sp³-hybridized carbons (Fsp3) is 0.550. The second kappa shape index (κ2) is 14.2. The van der Waals surface area contributed by atoms with Crippen molar-refractivity contribution in [3.63, 3.8) is 0 Å². The van der Waals surface area contributed by atoms with E-state index in [1.165, 1.54) is 124 Å². The molecule has 11 heteroatoms. The predicted octanol–water partition coefficient (Wildman–Crippen LogP) is 14.0. The van der Waals surface area contributed by atoms with Crippen LogP contribution in [0.2, 0.25) is 29.6 Å². The minimum atomic E-state index is -2.26. The van der Waals surface area contributed by atoms with Crippen molar-refractivity contribution in [2.24, 2.45) is 11.8 Å². The molecule has 0 bridgehead atoms. The van der Waals surface area contributed by atoms with Crippen LogP contribution in [0.5, 0.6) is 0 Å². The van der Waals surface area contributed by atoms with Crippen molar-refractivity contribution in [3.05, 3.63) is 12.1 Å². The Morgan fingerprint density at radius 1 is 0.569 bits per heavy atom. The van der Waals surface area contributed by atoms with Gasteiger partial charge < -0.3 is 0 Å². The summed E-state index contributed by atoms with van der Waals surface area (Å²) in [5.74, 6) is 1.31. The van der Waals surface area contributed by atoms with E-state index >= 15 is 0 Å². The third-order valence-corrected chi connectivity index (χ3v) is 35.5. The number of aromatic nitrogens is 4. The molecule has 0 aliphatic heterocycles. The quantitative estimate of drug-likeness (QED) is 0.102. The van der Waals surface area contributed by atoms with Gasteiger partial charge in [0.2, 0.25) is 0 Å². The van der Waals surface area contributed by atoms with Gasteiger partial charge in [0.15, 0.2) is 0 Å². The molecule has 0 N–H and O–H groups in total. The molecule has 7 heterocycles. The molecule has 272 valence electrons. The Kier molecular flexibility index (Phi) is 10.5. The molecule has 2 atom stereocenters. The first-order chi connectivity index (χ1) is 24.4. The number of hydrogen-bond acceptors (Lipinski definition) is 7. The number of hydrogen-bond donors (Lipinski definition) is 0. The molecule has 1 aromatic carbocycles. The summed E-state index contributed by atoms with van der Waals surface area (Å²) in [4.78, 5) is 15.4. The van der Waals surface area contributed by atoms with Crippen molar-refractivity contribution in [1.29, 1.82) is 0 Å². The van der Waals surface area contributed by atoms with Crippen molar-refractivity contribution in [3.8, 4) is 0 Å². The SMILES string of the molecule is CCCCC(CC)Cn1c2c3s[c]([Sn]([CH3])([CH3])[CH3])cc3sc2c2c3nsnc3c3c4sc5c[c]([Sn]([CH3])([CH3])[CH3])sc5c4n(CC(CC)CCCC)c3c21. The van der Waals surface area contributed by atoms with Gasteiger partial charge in [-0.2, -0.15) is 0 Å². The van der Waals surface area contributed by atoms with E-state index in [2.05, 4.69) is 101 Å². The zero-order valence-electron chi connectivity index (χ0n) is 32.2. The summed E-state index contributed by atoms with van der Waals surface area (Å²) in [7, 11) is 0. The third kappa shape index (κ3) is 6.28. The molecule has 0 radical (unpaired) electrons. The van der Waals surface area contributed by atoms with Crippen molar-refractivity contribution < 1.29 is 0 Å². The van der Waals surface area contributed by atoms with E-state index in [9.17, 15) is 0 Å². The second-order valence-corrected chi connectivity index (χ2v) is 52.7. The van der Waals surface area contributed by atoms with Crippen LogP contribution in [0.25, 0.3) is 72.1 Å². The number of unbranched alkanes of at least 4 members (excludes halogenated alkanes) is 2. The average Bonchev–Trinajstić information content (AvgIpc) is 3.91. The van der Waals surface area contributed by atoms with E-state index in [1.807, 2.05) is 22.7 Å². The van der Waals surface area contributed by atoms with Gasteiger partial charge >= 0.3 is 335 Å². The molecule has 8 rings (SSSR count). The zero-order valence-corrected chi connectivity index (χ0v) is 42.0. The van der Waals surface area contributed by atoms with Gasteiger partial charge in [0.1, 0.15) is 0 Å². The van der Waals surface area contributed by atoms with Gasteiger partial charge in [-0.3, -0.25) is 0 Å². The fourth-order valence-electron chi connectivity index (χ4n) is 8.19. The Balaban J connectivity index is 1.56. The molecule has 0 spiro atoms. The molecule has 0 saturated carbocycles. The fourth-order valence-corrected chi connectivity index (χ4v) is 25.1. The van der Waals surface area contributed by atoms with Gasteiger partial charge in [-0.1, -0.05) is 0 Å². The van der Waals surface area contributed by atoms with E-state index in [1.54, 1.807) is 5.79 Å². The Morgan fingerprint density at radius 2 is 0.980 bits per heavy atom. The molecule has 7 aromatic heterocycles. The van der Waals surface area contributed by atoms with Crippen LogP contribution in [0.1, 0.15) is 79.1 Å². The molecule has 0 fully saturated rings. The summed E-state index contributed by atoms with van der Waals surface area (Å²) in [6, 6.07) is 5.17. The molecule has 0 saturated heterocycles. The number of nitrogens with zero attached hydrogens (tertiary/aromatic N) is 4. The Bertz CT molecular complexity index is 2360. The second-order valence-electron chi connectivity index (χ2n) is 17.1. The number of rotatable bonds is 14. The van der Waals surface area contributed by atoms with Crippen LogP contribution in [0, 0.1) is 11.8 Å². The molecule has 0 amide bonds. The molecule has 4 nitrogen and oxygen atoms in total. The number of benzene rings is 1. The molecular formula is C40H54N4S5Sn2. The molecule has 2 unspecified atom stereocenters.